The van der Waals surface area contributed by atoms with Crippen LogP contribution in [0.4, 0.5) is 0 Å². The highest BCUT2D eigenvalue weighted by molar-refractivity contribution is 7.89. The fourth-order valence-corrected chi connectivity index (χ4v) is 6.63. The Balaban J connectivity index is 1.22. The summed E-state index contributed by atoms with van der Waals surface area (Å²) >= 11 is 0. The Morgan fingerprint density at radius 3 is 2.03 bits per heavy atom. The van der Waals surface area contributed by atoms with E-state index in [1.165, 1.54) is 4.31 Å². The van der Waals surface area contributed by atoms with Crippen LogP contribution < -0.4 is 0 Å². The lowest BCUT2D eigenvalue weighted by atomic mass is 9.96. The van der Waals surface area contributed by atoms with Gasteiger partial charge in [-0.2, -0.15) is 4.31 Å². The molecule has 4 rings (SSSR count). The Hall–Kier alpha value is -2.01. The van der Waals surface area contributed by atoms with Crippen LogP contribution in [0.5, 0.6) is 0 Å². The third-order valence-electron chi connectivity index (χ3n) is 7.03. The summed E-state index contributed by atoms with van der Waals surface area (Å²) in [7, 11) is -3.60. The second-order valence-corrected chi connectivity index (χ2v) is 11.3. The molecule has 0 saturated carbocycles. The van der Waals surface area contributed by atoms with Crippen molar-refractivity contribution in [2.24, 2.45) is 5.92 Å². The summed E-state index contributed by atoms with van der Waals surface area (Å²) in [5.74, 6) is 0.223. The average molecular weight is 494 g/mol. The molecule has 0 spiro atoms. The average Bonchev–Trinajstić information content (AvgIpc) is 3.39. The van der Waals surface area contributed by atoms with Gasteiger partial charge in [-0.05, 0) is 43.9 Å². The molecule has 3 aliphatic rings. The van der Waals surface area contributed by atoms with E-state index in [1.54, 1.807) is 17.9 Å². The zero-order chi connectivity index (χ0) is 24.3. The highest BCUT2D eigenvalue weighted by Crippen LogP contribution is 2.26. The normalized spacial score (nSPS) is 21.2. The molecule has 3 heterocycles. The molecule has 0 radical (unpaired) electrons. The van der Waals surface area contributed by atoms with Crippen LogP contribution >= 0.6 is 0 Å². The predicted molar refractivity (Wildman–Crippen MR) is 125 cm³/mol. The van der Waals surface area contributed by atoms with Crippen LogP contribution in [0.3, 0.4) is 0 Å². The number of nitrogens with zero attached hydrogens (tertiary/aromatic N) is 3. The number of piperazine rings is 1. The second-order valence-electron chi connectivity index (χ2n) is 9.38. The van der Waals surface area contributed by atoms with Crippen molar-refractivity contribution in [1.82, 2.24) is 14.1 Å². The van der Waals surface area contributed by atoms with Gasteiger partial charge in [0.25, 0.3) is 0 Å². The minimum atomic E-state index is -3.60. The first-order valence-electron chi connectivity index (χ1n) is 12.1. The number of aryl methyl sites for hydroxylation is 2. The molecule has 2 amide bonds. The van der Waals surface area contributed by atoms with Crippen molar-refractivity contribution in [2.45, 2.75) is 50.7 Å². The van der Waals surface area contributed by atoms with E-state index < -0.39 is 10.0 Å². The van der Waals surface area contributed by atoms with E-state index in [2.05, 4.69) is 0 Å². The van der Waals surface area contributed by atoms with Gasteiger partial charge in [-0.1, -0.05) is 12.1 Å². The molecule has 9 nitrogen and oxygen atoms in total. The first-order valence-corrected chi connectivity index (χ1v) is 13.6. The minimum absolute atomic E-state index is 0.00352. The highest BCUT2D eigenvalue weighted by atomic mass is 32.2. The Bertz CT molecular complexity index is 992. The van der Waals surface area contributed by atoms with Gasteiger partial charge in [0, 0.05) is 58.0 Å². The second kappa shape index (κ2) is 10.7. The van der Waals surface area contributed by atoms with Crippen molar-refractivity contribution in [3.63, 3.8) is 0 Å². The lowest BCUT2D eigenvalue weighted by Crippen LogP contribution is -2.50. The van der Waals surface area contributed by atoms with Gasteiger partial charge in [-0.15, -0.1) is 0 Å². The van der Waals surface area contributed by atoms with Gasteiger partial charge in [0.2, 0.25) is 21.8 Å². The number of rotatable bonds is 6. The van der Waals surface area contributed by atoms with E-state index in [1.807, 2.05) is 24.0 Å². The van der Waals surface area contributed by atoms with Crippen molar-refractivity contribution in [2.75, 3.05) is 52.5 Å². The molecule has 0 atom stereocenters. The first kappa shape index (κ1) is 25.1. The Kier molecular flexibility index (Phi) is 7.91. The molecule has 0 bridgehead atoms. The van der Waals surface area contributed by atoms with E-state index in [4.69, 9.17) is 9.47 Å². The number of hydrogen-bond donors (Lipinski definition) is 0. The van der Waals surface area contributed by atoms with E-state index in [0.717, 1.165) is 24.0 Å². The Morgan fingerprint density at radius 1 is 0.882 bits per heavy atom. The number of likely N-dealkylation sites (tertiary alicyclic amines) is 1. The maximum absolute atomic E-state index is 13.1. The molecule has 10 heteroatoms. The molecule has 3 fully saturated rings. The molecule has 1 aromatic carbocycles. The van der Waals surface area contributed by atoms with Crippen molar-refractivity contribution < 1.29 is 27.5 Å². The quantitative estimate of drug-likeness (QED) is 0.596. The number of ether oxygens (including phenoxy) is 2. The van der Waals surface area contributed by atoms with Crippen LogP contribution in [0.25, 0.3) is 0 Å². The van der Waals surface area contributed by atoms with Crippen LogP contribution in [0.2, 0.25) is 0 Å². The zero-order valence-corrected chi connectivity index (χ0v) is 20.9. The molecule has 3 saturated heterocycles. The van der Waals surface area contributed by atoms with Gasteiger partial charge in [0.1, 0.15) is 0 Å². The summed E-state index contributed by atoms with van der Waals surface area (Å²) in [6.45, 7) is 7.45. The summed E-state index contributed by atoms with van der Waals surface area (Å²) in [4.78, 5) is 29.1. The van der Waals surface area contributed by atoms with Crippen LogP contribution in [0, 0.1) is 19.8 Å². The fourth-order valence-electron chi connectivity index (χ4n) is 4.90. The van der Waals surface area contributed by atoms with Crippen LogP contribution in [0.1, 0.15) is 36.8 Å². The summed E-state index contributed by atoms with van der Waals surface area (Å²) in [6.07, 6.45) is 1.89. The summed E-state index contributed by atoms with van der Waals surface area (Å²) in [6, 6.07) is 5.41. The monoisotopic (exact) mass is 493 g/mol. The molecule has 3 aliphatic heterocycles. The van der Waals surface area contributed by atoms with Crippen LogP contribution in [0.15, 0.2) is 23.1 Å². The zero-order valence-electron chi connectivity index (χ0n) is 20.1. The maximum Gasteiger partial charge on any atom is 0.243 e. The van der Waals surface area contributed by atoms with Crippen molar-refractivity contribution in [3.05, 3.63) is 29.3 Å². The van der Waals surface area contributed by atoms with Crippen LogP contribution in [-0.2, 0) is 29.1 Å². The van der Waals surface area contributed by atoms with Gasteiger partial charge < -0.3 is 19.3 Å². The van der Waals surface area contributed by atoms with Crippen molar-refractivity contribution >= 4 is 21.8 Å². The smallest absolute Gasteiger partial charge is 0.243 e. The van der Waals surface area contributed by atoms with Gasteiger partial charge in [-0.25, -0.2) is 8.42 Å². The summed E-state index contributed by atoms with van der Waals surface area (Å²) in [5, 5.41) is 0. The number of sulfonamides is 1. The van der Waals surface area contributed by atoms with Crippen LogP contribution in [-0.4, -0.2) is 93.1 Å². The standard InChI is InChI=1S/C24H35N3O6S/c1-18-3-4-19(2)21(17-18)34(30,31)27-13-11-26(12-14-27)23(29)6-5-22(28)25-9-7-20(8-10-25)24-32-15-16-33-24/h3-4,17,20,24H,5-16H2,1-2H3. The summed E-state index contributed by atoms with van der Waals surface area (Å²) in [5.41, 5.74) is 1.61. The van der Waals surface area contributed by atoms with Gasteiger partial charge in [0.05, 0.1) is 18.1 Å². The van der Waals surface area contributed by atoms with E-state index in [9.17, 15) is 18.0 Å². The largest absolute Gasteiger partial charge is 0.350 e. The molecular formula is C24H35N3O6S. The molecule has 0 unspecified atom stereocenters. The molecule has 0 aliphatic carbocycles. The third-order valence-corrected chi connectivity index (χ3v) is 9.07. The maximum atomic E-state index is 13.1. The predicted octanol–water partition coefficient (Wildman–Crippen LogP) is 1.53. The minimum Gasteiger partial charge on any atom is -0.350 e. The topological polar surface area (TPSA) is 96.5 Å². The molecule has 34 heavy (non-hydrogen) atoms. The van der Waals surface area contributed by atoms with Crippen molar-refractivity contribution in [1.29, 1.82) is 0 Å². The summed E-state index contributed by atoms with van der Waals surface area (Å²) < 4.78 is 38.8. The lowest BCUT2D eigenvalue weighted by molar-refractivity contribution is -0.140. The number of hydrogen-bond acceptors (Lipinski definition) is 6. The van der Waals surface area contributed by atoms with E-state index >= 15 is 0 Å². The lowest BCUT2D eigenvalue weighted by Gasteiger charge is -2.35. The molecule has 1 aromatic rings. The molecular weight excluding hydrogens is 458 g/mol. The number of carbonyl (C=O) groups excluding carboxylic acids is 2. The Morgan fingerprint density at radius 2 is 1.44 bits per heavy atom. The molecule has 188 valence electrons. The highest BCUT2D eigenvalue weighted by Gasteiger charge is 2.33. The number of amides is 2. The van der Waals surface area contributed by atoms with E-state index in [0.29, 0.717) is 50.2 Å². The molecule has 0 aromatic heterocycles. The first-order chi connectivity index (χ1) is 16.3. The van der Waals surface area contributed by atoms with Crippen molar-refractivity contribution in [3.8, 4) is 0 Å². The molecule has 0 N–H and O–H groups in total. The number of piperidine rings is 1. The SMILES string of the molecule is Cc1ccc(C)c(S(=O)(=O)N2CCN(C(=O)CCC(=O)N3CCC(C4OCCO4)CC3)CC2)c1. The number of carbonyl (C=O) groups is 2. The Labute approximate surface area is 202 Å². The number of benzene rings is 1. The van der Waals surface area contributed by atoms with Gasteiger partial charge in [-0.3, -0.25) is 9.59 Å². The fraction of sp³-hybridized carbons (Fsp3) is 0.667. The van der Waals surface area contributed by atoms with Gasteiger partial charge in [0.15, 0.2) is 6.29 Å². The van der Waals surface area contributed by atoms with Gasteiger partial charge >= 0.3 is 0 Å². The van der Waals surface area contributed by atoms with E-state index in [-0.39, 0.29) is 44.0 Å². The third kappa shape index (κ3) is 5.62.